The number of aliphatic hydroxyl groups is 11. The summed E-state index contributed by atoms with van der Waals surface area (Å²) in [5.74, 6) is 2.48. The quantitative estimate of drug-likeness (QED) is 0.113. The molecule has 3 saturated carbocycles. The van der Waals surface area contributed by atoms with Crippen molar-refractivity contribution in [2.75, 3.05) is 26.4 Å². The summed E-state index contributed by atoms with van der Waals surface area (Å²) in [6, 6.07) is 0. The maximum atomic E-state index is 11.7. The van der Waals surface area contributed by atoms with Crippen LogP contribution in [0.25, 0.3) is 0 Å². The molecule has 21 nitrogen and oxygen atoms in total. The van der Waals surface area contributed by atoms with Gasteiger partial charge in [0.15, 0.2) is 30.9 Å². The van der Waals surface area contributed by atoms with Crippen LogP contribution in [0.1, 0.15) is 92.4 Å². The number of hydrogen-bond donors (Lipinski definition) is 11. The van der Waals surface area contributed by atoms with Crippen LogP contribution in [0.5, 0.6) is 0 Å². The average Bonchev–Trinajstić information content (AvgIpc) is 3.80. The summed E-state index contributed by atoms with van der Waals surface area (Å²) < 4.78 is 60.8. The first-order chi connectivity index (χ1) is 33.7. The largest absolute Gasteiger partial charge is 0.394 e. The van der Waals surface area contributed by atoms with Gasteiger partial charge in [0.2, 0.25) is 0 Å². The average molecular weight is 1020 g/mol. The molecule has 9 fully saturated rings. The molecular formula is C50H80O21. The highest BCUT2D eigenvalue weighted by Crippen LogP contribution is 2.70. The second-order valence-electron chi connectivity index (χ2n) is 23.5. The lowest BCUT2D eigenvalue weighted by Gasteiger charge is -2.58. The first-order valence-electron chi connectivity index (χ1n) is 26.3. The Balaban J connectivity index is 0.799. The van der Waals surface area contributed by atoms with Gasteiger partial charge in [0.05, 0.1) is 44.7 Å². The summed E-state index contributed by atoms with van der Waals surface area (Å²) in [6.45, 7) is 10.2. The van der Waals surface area contributed by atoms with Gasteiger partial charge < -0.3 is 104 Å². The molecular weight excluding hydrogens is 937 g/mol. The second-order valence-corrected chi connectivity index (χ2v) is 23.5. The predicted octanol–water partition coefficient (Wildman–Crippen LogP) is -1.32. The van der Waals surface area contributed by atoms with E-state index in [4.69, 9.17) is 47.4 Å². The van der Waals surface area contributed by atoms with Gasteiger partial charge in [-0.25, -0.2) is 0 Å². The minimum absolute atomic E-state index is 0.0477. The third-order valence-corrected chi connectivity index (χ3v) is 19.4. The molecule has 30 unspecified atom stereocenters. The Morgan fingerprint density at radius 1 is 0.648 bits per heavy atom. The predicted molar refractivity (Wildman–Crippen MR) is 241 cm³/mol. The number of ether oxygens (including phenoxy) is 10. The van der Waals surface area contributed by atoms with Crippen molar-refractivity contribution >= 4 is 0 Å². The molecule has 0 radical (unpaired) electrons. The van der Waals surface area contributed by atoms with Gasteiger partial charge in [0, 0.05) is 12.3 Å². The third-order valence-electron chi connectivity index (χ3n) is 19.4. The Morgan fingerprint density at radius 3 is 2.08 bits per heavy atom. The molecule has 11 N–H and O–H groups in total. The van der Waals surface area contributed by atoms with Crippen molar-refractivity contribution in [3.63, 3.8) is 0 Å². The smallest absolute Gasteiger partial charge is 0.187 e. The minimum Gasteiger partial charge on any atom is -0.394 e. The van der Waals surface area contributed by atoms with Gasteiger partial charge in [-0.2, -0.15) is 0 Å². The Labute approximate surface area is 414 Å². The lowest BCUT2D eigenvalue weighted by molar-refractivity contribution is -0.387. The molecule has 6 aliphatic heterocycles. The number of aliphatic hydroxyl groups excluding tert-OH is 11. The van der Waals surface area contributed by atoms with Crippen LogP contribution in [0.3, 0.4) is 0 Å². The van der Waals surface area contributed by atoms with Crippen molar-refractivity contribution in [1.29, 1.82) is 0 Å². The van der Waals surface area contributed by atoms with E-state index in [1.54, 1.807) is 0 Å². The highest BCUT2D eigenvalue weighted by Gasteiger charge is 2.69. The molecule has 6 heterocycles. The minimum atomic E-state index is -1.92. The van der Waals surface area contributed by atoms with Gasteiger partial charge >= 0.3 is 0 Å². The molecule has 0 amide bonds. The molecule has 0 aromatic rings. The van der Waals surface area contributed by atoms with Gasteiger partial charge in [-0.05, 0) is 98.7 Å². The van der Waals surface area contributed by atoms with E-state index in [1.165, 1.54) is 12.5 Å². The molecule has 6 saturated heterocycles. The molecule has 406 valence electrons. The summed E-state index contributed by atoms with van der Waals surface area (Å²) in [7, 11) is 0. The molecule has 0 aromatic carbocycles. The van der Waals surface area contributed by atoms with Gasteiger partial charge in [-0.15, -0.1) is 0 Å². The summed E-state index contributed by atoms with van der Waals surface area (Å²) in [5, 5.41) is 118. The standard InChI is InChI=1S/C50H80O21/c1-20-8-13-50(64-17-20)21(2)32-29(71-50)15-27-25-7-6-23-14-24(9-11-48(23,4)26(25)10-12-49(27,32)5)66-47-43(38(58)35(55)30(16-51)67-47)70-46-41(61)42(33(53)22(3)65-46)69-45-40(60)37(57)36(56)31(68-45)19-63-44-39(59)34(54)28(52)18-62-44/h6,20-22,24-47,51-61H,7-19H2,1-5H3. The van der Waals surface area contributed by atoms with Crippen LogP contribution in [0.2, 0.25) is 0 Å². The summed E-state index contributed by atoms with van der Waals surface area (Å²) in [5.41, 5.74) is 1.45. The van der Waals surface area contributed by atoms with Crippen molar-refractivity contribution in [2.45, 2.75) is 227 Å². The number of allylic oxidation sites excluding steroid dienone is 1. The fourth-order valence-corrected chi connectivity index (χ4v) is 15.1. The molecule has 10 rings (SSSR count). The van der Waals surface area contributed by atoms with Crippen LogP contribution >= 0.6 is 0 Å². The summed E-state index contributed by atoms with van der Waals surface area (Å²) in [6.07, 6.45) is -19.5. The summed E-state index contributed by atoms with van der Waals surface area (Å²) in [4.78, 5) is 0. The Hall–Kier alpha value is -1.10. The Morgan fingerprint density at radius 2 is 1.35 bits per heavy atom. The van der Waals surface area contributed by atoms with E-state index in [1.807, 2.05) is 0 Å². The van der Waals surface area contributed by atoms with Crippen LogP contribution in [-0.2, 0) is 47.4 Å². The van der Waals surface area contributed by atoms with Crippen LogP contribution in [0.4, 0.5) is 0 Å². The van der Waals surface area contributed by atoms with Crippen molar-refractivity contribution in [3.8, 4) is 0 Å². The van der Waals surface area contributed by atoms with E-state index in [-0.39, 0.29) is 23.5 Å². The molecule has 71 heavy (non-hydrogen) atoms. The van der Waals surface area contributed by atoms with E-state index in [0.29, 0.717) is 48.3 Å². The fourth-order valence-electron chi connectivity index (χ4n) is 15.1. The lowest BCUT2D eigenvalue weighted by Crippen LogP contribution is -2.66. The zero-order chi connectivity index (χ0) is 50.6. The van der Waals surface area contributed by atoms with E-state index < -0.39 is 142 Å². The maximum Gasteiger partial charge on any atom is 0.187 e. The van der Waals surface area contributed by atoms with Gasteiger partial charge in [0.1, 0.15) is 85.5 Å². The van der Waals surface area contributed by atoms with Crippen LogP contribution in [0.15, 0.2) is 11.6 Å². The zero-order valence-electron chi connectivity index (χ0n) is 41.4. The van der Waals surface area contributed by atoms with E-state index in [0.717, 1.165) is 51.6 Å². The number of rotatable bonds is 10. The molecule has 10 aliphatic rings. The molecule has 0 aromatic heterocycles. The van der Waals surface area contributed by atoms with E-state index in [2.05, 4.69) is 33.8 Å². The maximum absolute atomic E-state index is 11.7. The van der Waals surface area contributed by atoms with Crippen molar-refractivity contribution in [3.05, 3.63) is 11.6 Å². The fraction of sp³-hybridized carbons (Fsp3) is 0.960. The van der Waals surface area contributed by atoms with Crippen LogP contribution in [0, 0.1) is 46.3 Å². The third kappa shape index (κ3) is 9.22. The first-order valence-corrected chi connectivity index (χ1v) is 26.3. The first kappa shape index (κ1) is 53.3. The molecule has 30 atom stereocenters. The number of fused-ring (bicyclic) bond motifs is 7. The molecule has 1 spiro atoms. The molecule has 21 heteroatoms. The molecule has 0 bridgehead atoms. The van der Waals surface area contributed by atoms with Crippen molar-refractivity contribution < 1.29 is 104 Å². The SMILES string of the molecule is CC1CCC2(OC1)OC1CC3C4CC=C5CC(OC6OC(CO)C(O)C(O)C6OC6OC(C)C(O)C(OC7OC(COC8OCC(O)C(O)C8O)C(O)C(O)C7O)C6O)CCC5(C)C4CCC3(C)C1C2C. The topological polar surface area (TPSA) is 315 Å². The van der Waals surface area contributed by atoms with Crippen molar-refractivity contribution in [2.24, 2.45) is 46.3 Å². The van der Waals surface area contributed by atoms with Crippen molar-refractivity contribution in [1.82, 2.24) is 0 Å². The zero-order valence-corrected chi connectivity index (χ0v) is 41.4. The number of hydrogen-bond acceptors (Lipinski definition) is 21. The highest BCUT2D eigenvalue weighted by atomic mass is 16.8. The van der Waals surface area contributed by atoms with E-state index >= 15 is 0 Å². The van der Waals surface area contributed by atoms with Gasteiger partial charge in [0.25, 0.3) is 0 Å². The van der Waals surface area contributed by atoms with Gasteiger partial charge in [-0.1, -0.05) is 39.3 Å². The van der Waals surface area contributed by atoms with E-state index in [9.17, 15) is 56.2 Å². The summed E-state index contributed by atoms with van der Waals surface area (Å²) >= 11 is 0. The monoisotopic (exact) mass is 1020 g/mol. The van der Waals surface area contributed by atoms with Gasteiger partial charge in [-0.3, -0.25) is 0 Å². The second kappa shape index (κ2) is 20.4. The van der Waals surface area contributed by atoms with Crippen LogP contribution < -0.4 is 0 Å². The lowest BCUT2D eigenvalue weighted by atomic mass is 9.47. The normalized spacial score (nSPS) is 57.4. The highest BCUT2D eigenvalue weighted by molar-refractivity contribution is 5.26. The molecule has 4 aliphatic carbocycles. The Kier molecular flexibility index (Phi) is 15.3. The Bertz CT molecular complexity index is 1870. The van der Waals surface area contributed by atoms with Crippen LogP contribution in [-0.4, -0.2) is 217 Å².